The monoisotopic (exact) mass is 242 g/mol. The number of nitrogens with zero attached hydrogens (tertiary/aromatic N) is 1. The van der Waals surface area contributed by atoms with Gasteiger partial charge in [-0.1, -0.05) is 6.07 Å². The molecule has 0 amide bonds. The van der Waals surface area contributed by atoms with Gasteiger partial charge in [-0.3, -0.25) is 0 Å². The normalized spacial score (nSPS) is 10.5. The molecule has 1 aromatic carbocycles. The van der Waals surface area contributed by atoms with Gasteiger partial charge in [0.2, 0.25) is 0 Å². The second-order valence-electron chi connectivity index (χ2n) is 3.38. The Morgan fingerprint density at radius 1 is 1.38 bits per heavy atom. The largest absolute Gasteiger partial charge is 0.396 e. The van der Waals surface area contributed by atoms with E-state index in [1.165, 1.54) is 0 Å². The predicted octanol–water partition coefficient (Wildman–Crippen LogP) is 2.88. The molecule has 0 bridgehead atoms. The molecule has 0 aliphatic carbocycles. The SMILES string of the molecule is CC(C)N(C)c1cccc(Br)c1N. The lowest BCUT2D eigenvalue weighted by atomic mass is 10.2. The van der Waals surface area contributed by atoms with Crippen LogP contribution >= 0.6 is 15.9 Å². The lowest BCUT2D eigenvalue weighted by Crippen LogP contribution is -2.26. The van der Waals surface area contributed by atoms with Gasteiger partial charge in [0.15, 0.2) is 0 Å². The fourth-order valence-electron chi connectivity index (χ4n) is 1.11. The van der Waals surface area contributed by atoms with E-state index in [1.807, 2.05) is 25.2 Å². The van der Waals surface area contributed by atoms with Crippen molar-refractivity contribution in [3.63, 3.8) is 0 Å². The number of benzene rings is 1. The van der Waals surface area contributed by atoms with E-state index in [1.54, 1.807) is 0 Å². The molecule has 2 N–H and O–H groups in total. The van der Waals surface area contributed by atoms with Gasteiger partial charge in [0.25, 0.3) is 0 Å². The Morgan fingerprint density at radius 2 is 2.00 bits per heavy atom. The highest BCUT2D eigenvalue weighted by molar-refractivity contribution is 9.10. The van der Waals surface area contributed by atoms with Crippen LogP contribution in [-0.4, -0.2) is 13.1 Å². The Bertz CT molecular complexity index is 297. The molecule has 0 fully saturated rings. The molecule has 0 saturated carbocycles. The summed E-state index contributed by atoms with van der Waals surface area (Å²) in [6.07, 6.45) is 0. The van der Waals surface area contributed by atoms with Gasteiger partial charge in [0.1, 0.15) is 0 Å². The number of hydrogen-bond donors (Lipinski definition) is 1. The van der Waals surface area contributed by atoms with Gasteiger partial charge in [-0.15, -0.1) is 0 Å². The van der Waals surface area contributed by atoms with Crippen molar-refractivity contribution in [2.75, 3.05) is 17.7 Å². The molecule has 0 atom stereocenters. The Morgan fingerprint density at radius 3 is 2.54 bits per heavy atom. The van der Waals surface area contributed by atoms with E-state index in [4.69, 9.17) is 5.73 Å². The number of hydrogen-bond acceptors (Lipinski definition) is 2. The summed E-state index contributed by atoms with van der Waals surface area (Å²) in [7, 11) is 2.04. The van der Waals surface area contributed by atoms with Crippen LogP contribution in [0.1, 0.15) is 13.8 Å². The third-order valence-electron chi connectivity index (χ3n) is 2.18. The maximum absolute atomic E-state index is 5.93. The third kappa shape index (κ3) is 2.15. The molecule has 2 nitrogen and oxygen atoms in total. The van der Waals surface area contributed by atoms with Crippen LogP contribution in [-0.2, 0) is 0 Å². The second-order valence-corrected chi connectivity index (χ2v) is 4.23. The van der Waals surface area contributed by atoms with Crippen LogP contribution in [0.2, 0.25) is 0 Å². The molecular formula is C10H15BrN2. The summed E-state index contributed by atoms with van der Waals surface area (Å²) < 4.78 is 0.956. The molecule has 72 valence electrons. The summed E-state index contributed by atoms with van der Waals surface area (Å²) in [5, 5.41) is 0. The summed E-state index contributed by atoms with van der Waals surface area (Å²) in [6, 6.07) is 6.43. The smallest absolute Gasteiger partial charge is 0.0696 e. The lowest BCUT2D eigenvalue weighted by Gasteiger charge is -2.25. The van der Waals surface area contributed by atoms with E-state index >= 15 is 0 Å². The van der Waals surface area contributed by atoms with Crippen molar-refractivity contribution < 1.29 is 0 Å². The summed E-state index contributed by atoms with van der Waals surface area (Å²) in [5.74, 6) is 0. The van der Waals surface area contributed by atoms with E-state index in [-0.39, 0.29) is 0 Å². The molecule has 1 rings (SSSR count). The van der Waals surface area contributed by atoms with Crippen LogP contribution in [0, 0.1) is 0 Å². The van der Waals surface area contributed by atoms with Crippen molar-refractivity contribution in [2.45, 2.75) is 19.9 Å². The van der Waals surface area contributed by atoms with Crippen LogP contribution in [0.5, 0.6) is 0 Å². The number of nitrogen functional groups attached to an aromatic ring is 1. The van der Waals surface area contributed by atoms with Gasteiger partial charge < -0.3 is 10.6 Å². The first-order valence-electron chi connectivity index (χ1n) is 4.31. The highest BCUT2D eigenvalue weighted by Crippen LogP contribution is 2.30. The molecule has 0 spiro atoms. The highest BCUT2D eigenvalue weighted by Gasteiger charge is 2.09. The summed E-state index contributed by atoms with van der Waals surface area (Å²) in [4.78, 5) is 2.15. The van der Waals surface area contributed by atoms with Gasteiger partial charge in [-0.2, -0.15) is 0 Å². The van der Waals surface area contributed by atoms with Crippen LogP contribution in [0.25, 0.3) is 0 Å². The molecule has 0 aliphatic heterocycles. The van der Waals surface area contributed by atoms with Crippen molar-refractivity contribution >= 4 is 27.3 Å². The van der Waals surface area contributed by atoms with Crippen molar-refractivity contribution in [3.8, 4) is 0 Å². The van der Waals surface area contributed by atoms with Crippen LogP contribution in [0.15, 0.2) is 22.7 Å². The second kappa shape index (κ2) is 4.01. The molecular weight excluding hydrogens is 228 g/mol. The van der Waals surface area contributed by atoms with Crippen molar-refractivity contribution in [1.82, 2.24) is 0 Å². The third-order valence-corrected chi connectivity index (χ3v) is 2.88. The summed E-state index contributed by atoms with van der Waals surface area (Å²) >= 11 is 3.41. The van der Waals surface area contributed by atoms with Crippen LogP contribution < -0.4 is 10.6 Å². The first kappa shape index (κ1) is 10.4. The van der Waals surface area contributed by atoms with Crippen molar-refractivity contribution in [2.24, 2.45) is 0 Å². The topological polar surface area (TPSA) is 29.3 Å². The van der Waals surface area contributed by atoms with E-state index in [0.717, 1.165) is 15.8 Å². The molecule has 13 heavy (non-hydrogen) atoms. The number of halogens is 1. The highest BCUT2D eigenvalue weighted by atomic mass is 79.9. The van der Waals surface area contributed by atoms with Crippen LogP contribution in [0.4, 0.5) is 11.4 Å². The molecule has 0 unspecified atom stereocenters. The number of nitrogens with two attached hydrogens (primary N) is 1. The summed E-state index contributed by atoms with van der Waals surface area (Å²) in [6.45, 7) is 4.28. The maximum atomic E-state index is 5.93. The van der Waals surface area contributed by atoms with Gasteiger partial charge in [0.05, 0.1) is 11.4 Å². The van der Waals surface area contributed by atoms with Crippen LogP contribution in [0.3, 0.4) is 0 Å². The number of anilines is 2. The van der Waals surface area contributed by atoms with E-state index < -0.39 is 0 Å². The van der Waals surface area contributed by atoms with Gasteiger partial charge in [-0.05, 0) is 41.9 Å². The van der Waals surface area contributed by atoms with E-state index in [2.05, 4.69) is 34.7 Å². The zero-order chi connectivity index (χ0) is 10.0. The van der Waals surface area contributed by atoms with E-state index in [9.17, 15) is 0 Å². The standard InChI is InChI=1S/C10H15BrN2/c1-7(2)13(3)9-6-4-5-8(11)10(9)12/h4-7H,12H2,1-3H3. The molecule has 0 radical (unpaired) electrons. The minimum atomic E-state index is 0.455. The van der Waals surface area contributed by atoms with Gasteiger partial charge in [-0.25, -0.2) is 0 Å². The van der Waals surface area contributed by atoms with E-state index in [0.29, 0.717) is 6.04 Å². The molecule has 1 aromatic rings. The summed E-state index contributed by atoms with van der Waals surface area (Å²) in [5.41, 5.74) is 7.81. The maximum Gasteiger partial charge on any atom is 0.0696 e. The molecule has 0 aromatic heterocycles. The van der Waals surface area contributed by atoms with Gasteiger partial charge in [0, 0.05) is 17.6 Å². The molecule has 3 heteroatoms. The Kier molecular flexibility index (Phi) is 3.20. The van der Waals surface area contributed by atoms with Crippen molar-refractivity contribution in [3.05, 3.63) is 22.7 Å². The quantitative estimate of drug-likeness (QED) is 0.809. The average molecular weight is 243 g/mol. The Labute approximate surface area is 87.9 Å². The number of rotatable bonds is 2. The Balaban J connectivity index is 3.07. The average Bonchev–Trinajstić information content (AvgIpc) is 2.08. The Hall–Kier alpha value is -0.700. The fraction of sp³-hybridized carbons (Fsp3) is 0.400. The van der Waals surface area contributed by atoms with Crippen molar-refractivity contribution in [1.29, 1.82) is 0 Å². The molecule has 0 aliphatic rings. The number of para-hydroxylation sites is 1. The minimum absolute atomic E-state index is 0.455. The predicted molar refractivity (Wildman–Crippen MR) is 62.1 cm³/mol. The zero-order valence-electron chi connectivity index (χ0n) is 8.21. The van der Waals surface area contributed by atoms with Gasteiger partial charge >= 0.3 is 0 Å². The lowest BCUT2D eigenvalue weighted by molar-refractivity contribution is 0.755. The molecule has 0 saturated heterocycles. The first-order valence-corrected chi connectivity index (χ1v) is 5.10. The first-order chi connectivity index (χ1) is 6.04. The minimum Gasteiger partial charge on any atom is -0.396 e. The fourth-order valence-corrected chi connectivity index (χ4v) is 1.47. The molecule has 0 heterocycles. The zero-order valence-corrected chi connectivity index (χ0v) is 9.80.